The van der Waals surface area contributed by atoms with Crippen molar-refractivity contribution in [2.24, 2.45) is 5.73 Å². The highest BCUT2D eigenvalue weighted by molar-refractivity contribution is 5.80. The van der Waals surface area contributed by atoms with E-state index in [1.807, 2.05) is 38.1 Å². The summed E-state index contributed by atoms with van der Waals surface area (Å²) in [6.07, 6.45) is 0.142. The first-order chi connectivity index (χ1) is 8.40. The van der Waals surface area contributed by atoms with E-state index in [0.29, 0.717) is 6.54 Å². The zero-order valence-electron chi connectivity index (χ0n) is 11.5. The summed E-state index contributed by atoms with van der Waals surface area (Å²) >= 11 is 0. The lowest BCUT2D eigenvalue weighted by atomic mass is 10.2. The van der Waals surface area contributed by atoms with E-state index < -0.39 is 6.04 Å². The quantitative estimate of drug-likeness (QED) is 0.866. The SMILES string of the molecule is CC(C)Oc1cccc(CN(C)C(=O)[C@@H](C)N)c1. The van der Waals surface area contributed by atoms with Crippen LogP contribution in [-0.2, 0) is 11.3 Å². The molecule has 4 heteroatoms. The molecular formula is C14H22N2O2. The molecule has 0 radical (unpaired) electrons. The van der Waals surface area contributed by atoms with E-state index in [0.717, 1.165) is 11.3 Å². The highest BCUT2D eigenvalue weighted by Gasteiger charge is 2.13. The molecule has 18 heavy (non-hydrogen) atoms. The van der Waals surface area contributed by atoms with E-state index in [4.69, 9.17) is 10.5 Å². The predicted molar refractivity (Wildman–Crippen MR) is 72.3 cm³/mol. The summed E-state index contributed by atoms with van der Waals surface area (Å²) in [7, 11) is 1.75. The first kappa shape index (κ1) is 14.5. The van der Waals surface area contributed by atoms with Gasteiger partial charge in [-0.25, -0.2) is 0 Å². The molecule has 0 spiro atoms. The van der Waals surface area contributed by atoms with E-state index in [2.05, 4.69) is 0 Å². The van der Waals surface area contributed by atoms with Crippen molar-refractivity contribution in [3.63, 3.8) is 0 Å². The van der Waals surface area contributed by atoms with Gasteiger partial charge in [0.05, 0.1) is 12.1 Å². The van der Waals surface area contributed by atoms with Gasteiger partial charge in [0.15, 0.2) is 0 Å². The van der Waals surface area contributed by atoms with Crippen LogP contribution in [0.2, 0.25) is 0 Å². The molecule has 0 fully saturated rings. The third-order valence-corrected chi connectivity index (χ3v) is 2.46. The first-order valence-corrected chi connectivity index (χ1v) is 6.16. The molecule has 0 heterocycles. The van der Waals surface area contributed by atoms with Crippen molar-refractivity contribution in [1.29, 1.82) is 0 Å². The Bertz CT molecular complexity index is 403. The highest BCUT2D eigenvalue weighted by atomic mass is 16.5. The molecule has 0 bridgehead atoms. The van der Waals surface area contributed by atoms with Gasteiger partial charge in [-0.3, -0.25) is 4.79 Å². The number of benzene rings is 1. The maximum absolute atomic E-state index is 11.7. The number of carbonyl (C=O) groups is 1. The van der Waals surface area contributed by atoms with Crippen molar-refractivity contribution in [1.82, 2.24) is 4.90 Å². The molecular weight excluding hydrogens is 228 g/mol. The van der Waals surface area contributed by atoms with Gasteiger partial charge in [0.1, 0.15) is 5.75 Å². The van der Waals surface area contributed by atoms with Crippen LogP contribution in [-0.4, -0.2) is 30.0 Å². The van der Waals surface area contributed by atoms with Gasteiger partial charge in [-0.2, -0.15) is 0 Å². The van der Waals surface area contributed by atoms with Gasteiger partial charge in [-0.1, -0.05) is 12.1 Å². The van der Waals surface area contributed by atoms with Crippen LogP contribution in [0.15, 0.2) is 24.3 Å². The zero-order chi connectivity index (χ0) is 13.7. The van der Waals surface area contributed by atoms with Crippen molar-refractivity contribution in [3.8, 4) is 5.75 Å². The van der Waals surface area contributed by atoms with Crippen molar-refractivity contribution in [3.05, 3.63) is 29.8 Å². The van der Waals surface area contributed by atoms with E-state index >= 15 is 0 Å². The lowest BCUT2D eigenvalue weighted by Gasteiger charge is -2.20. The average molecular weight is 250 g/mol. The molecule has 0 aliphatic carbocycles. The number of likely N-dealkylation sites (N-methyl/N-ethyl adjacent to an activating group) is 1. The van der Waals surface area contributed by atoms with Crippen LogP contribution >= 0.6 is 0 Å². The molecule has 1 rings (SSSR count). The number of carbonyl (C=O) groups excluding carboxylic acids is 1. The zero-order valence-corrected chi connectivity index (χ0v) is 11.5. The minimum Gasteiger partial charge on any atom is -0.491 e. The monoisotopic (exact) mass is 250 g/mol. The number of rotatable bonds is 5. The van der Waals surface area contributed by atoms with Gasteiger partial charge in [0.2, 0.25) is 5.91 Å². The number of nitrogens with two attached hydrogens (primary N) is 1. The van der Waals surface area contributed by atoms with Crippen molar-refractivity contribution in [2.75, 3.05) is 7.05 Å². The van der Waals surface area contributed by atoms with E-state index in [1.54, 1.807) is 18.9 Å². The van der Waals surface area contributed by atoms with Crippen LogP contribution in [0.4, 0.5) is 0 Å². The largest absolute Gasteiger partial charge is 0.491 e. The molecule has 0 unspecified atom stereocenters. The lowest BCUT2D eigenvalue weighted by molar-refractivity contribution is -0.131. The standard InChI is InChI=1S/C14H22N2O2/c1-10(2)18-13-7-5-6-12(8-13)9-16(4)14(17)11(3)15/h5-8,10-11H,9,15H2,1-4H3/t11-/m1/s1. The second-order valence-corrected chi connectivity index (χ2v) is 4.80. The second kappa shape index (κ2) is 6.40. The van der Waals surface area contributed by atoms with Crippen LogP contribution in [0.5, 0.6) is 5.75 Å². The molecule has 100 valence electrons. The molecule has 0 aliphatic rings. The Balaban J connectivity index is 2.70. The molecule has 1 atom stereocenters. The summed E-state index contributed by atoms with van der Waals surface area (Å²) in [6, 6.07) is 7.29. The third-order valence-electron chi connectivity index (χ3n) is 2.46. The highest BCUT2D eigenvalue weighted by Crippen LogP contribution is 2.16. The Morgan fingerprint density at radius 3 is 2.61 bits per heavy atom. The fraction of sp³-hybridized carbons (Fsp3) is 0.500. The van der Waals surface area contributed by atoms with E-state index in [1.165, 1.54) is 0 Å². The van der Waals surface area contributed by atoms with Crippen molar-refractivity contribution >= 4 is 5.91 Å². The van der Waals surface area contributed by atoms with Crippen LogP contribution < -0.4 is 10.5 Å². The van der Waals surface area contributed by atoms with Crippen LogP contribution in [0.3, 0.4) is 0 Å². The minimum absolute atomic E-state index is 0.0646. The van der Waals surface area contributed by atoms with Gasteiger partial charge < -0.3 is 15.4 Å². The molecule has 0 saturated carbocycles. The van der Waals surface area contributed by atoms with Crippen LogP contribution in [0.25, 0.3) is 0 Å². The van der Waals surface area contributed by atoms with Crippen molar-refractivity contribution < 1.29 is 9.53 Å². The number of ether oxygens (including phenoxy) is 1. The Morgan fingerprint density at radius 1 is 1.39 bits per heavy atom. The summed E-state index contributed by atoms with van der Waals surface area (Å²) in [4.78, 5) is 13.3. The lowest BCUT2D eigenvalue weighted by Crippen LogP contribution is -2.39. The smallest absolute Gasteiger partial charge is 0.239 e. The van der Waals surface area contributed by atoms with Gasteiger partial charge >= 0.3 is 0 Å². The molecule has 0 aromatic heterocycles. The van der Waals surface area contributed by atoms with Crippen molar-refractivity contribution in [2.45, 2.75) is 39.5 Å². The molecule has 4 nitrogen and oxygen atoms in total. The fourth-order valence-electron chi connectivity index (χ4n) is 1.69. The summed E-state index contributed by atoms with van der Waals surface area (Å²) in [5, 5.41) is 0. The number of amides is 1. The van der Waals surface area contributed by atoms with Crippen LogP contribution in [0, 0.1) is 0 Å². The third kappa shape index (κ3) is 4.37. The van der Waals surface area contributed by atoms with Gasteiger partial charge in [0.25, 0.3) is 0 Å². The summed E-state index contributed by atoms with van der Waals surface area (Å²) < 4.78 is 5.62. The van der Waals surface area contributed by atoms with E-state index in [-0.39, 0.29) is 12.0 Å². The number of nitrogens with zero attached hydrogens (tertiary/aromatic N) is 1. The normalized spacial score (nSPS) is 12.3. The minimum atomic E-state index is -0.468. The summed E-state index contributed by atoms with van der Waals surface area (Å²) in [5.41, 5.74) is 6.60. The Kier molecular flexibility index (Phi) is 5.16. The van der Waals surface area contributed by atoms with Gasteiger partial charge in [0, 0.05) is 13.6 Å². The maximum Gasteiger partial charge on any atom is 0.239 e. The summed E-state index contributed by atoms with van der Waals surface area (Å²) in [6.45, 7) is 6.20. The van der Waals surface area contributed by atoms with E-state index in [9.17, 15) is 4.79 Å². The molecule has 2 N–H and O–H groups in total. The first-order valence-electron chi connectivity index (χ1n) is 6.16. The Labute approximate surface area is 109 Å². The molecule has 0 saturated heterocycles. The fourth-order valence-corrected chi connectivity index (χ4v) is 1.69. The Morgan fingerprint density at radius 2 is 2.06 bits per heavy atom. The molecule has 1 aromatic carbocycles. The topological polar surface area (TPSA) is 55.6 Å². The van der Waals surface area contributed by atoms with Gasteiger partial charge in [-0.15, -0.1) is 0 Å². The maximum atomic E-state index is 11.7. The van der Waals surface area contributed by atoms with Crippen LogP contribution in [0.1, 0.15) is 26.3 Å². The molecule has 0 aliphatic heterocycles. The Hall–Kier alpha value is -1.55. The van der Waals surface area contributed by atoms with Gasteiger partial charge in [-0.05, 0) is 38.5 Å². The molecule has 1 aromatic rings. The predicted octanol–water partition coefficient (Wildman–Crippen LogP) is 1.78. The second-order valence-electron chi connectivity index (χ2n) is 4.80. The molecule has 1 amide bonds. The summed E-state index contributed by atoms with van der Waals surface area (Å²) in [5.74, 6) is 0.759. The number of hydrogen-bond donors (Lipinski definition) is 1. The number of hydrogen-bond acceptors (Lipinski definition) is 3. The average Bonchev–Trinajstić information content (AvgIpc) is 2.27.